The molecule has 1 unspecified atom stereocenters. The Bertz CT molecular complexity index is 160. The van der Waals surface area contributed by atoms with E-state index in [0.29, 0.717) is 19.6 Å². The van der Waals surface area contributed by atoms with Crippen LogP contribution in [0.4, 0.5) is 0 Å². The number of carbonyl (C=O) groups is 1. The SMILES string of the molecule is CCCOCCC(=O)NCCCC(C)O. The quantitative estimate of drug-likeness (QED) is 0.568. The van der Waals surface area contributed by atoms with Crippen LogP contribution in [0.25, 0.3) is 0 Å². The average Bonchev–Trinajstić information content (AvgIpc) is 2.19. The first-order valence-corrected chi connectivity index (χ1v) is 5.69. The Morgan fingerprint density at radius 1 is 1.47 bits per heavy atom. The topological polar surface area (TPSA) is 58.6 Å². The number of nitrogens with one attached hydrogen (secondary N) is 1. The Kier molecular flexibility index (Phi) is 9.52. The molecular formula is C11H23NO3. The molecule has 4 nitrogen and oxygen atoms in total. The van der Waals surface area contributed by atoms with Gasteiger partial charge < -0.3 is 15.2 Å². The average molecular weight is 217 g/mol. The van der Waals surface area contributed by atoms with Crippen molar-refractivity contribution in [3.05, 3.63) is 0 Å². The standard InChI is InChI=1S/C11H23NO3/c1-3-8-15-9-6-11(14)12-7-4-5-10(2)13/h10,13H,3-9H2,1-2H3,(H,12,14). The van der Waals surface area contributed by atoms with Crippen LogP contribution in [-0.2, 0) is 9.53 Å². The molecule has 0 aliphatic carbocycles. The minimum absolute atomic E-state index is 0.0247. The Morgan fingerprint density at radius 2 is 2.20 bits per heavy atom. The molecule has 4 heteroatoms. The van der Waals surface area contributed by atoms with Gasteiger partial charge in [0, 0.05) is 19.6 Å². The molecule has 0 spiro atoms. The fourth-order valence-electron chi connectivity index (χ4n) is 1.12. The maximum Gasteiger partial charge on any atom is 0.222 e. The summed E-state index contributed by atoms with van der Waals surface area (Å²) in [6, 6.07) is 0. The van der Waals surface area contributed by atoms with E-state index in [1.165, 1.54) is 0 Å². The molecule has 0 bridgehead atoms. The molecule has 0 rings (SSSR count). The van der Waals surface area contributed by atoms with Crippen molar-refractivity contribution in [1.82, 2.24) is 5.32 Å². The molecule has 2 N–H and O–H groups in total. The van der Waals surface area contributed by atoms with Crippen molar-refractivity contribution in [2.75, 3.05) is 19.8 Å². The maximum atomic E-state index is 11.2. The predicted molar refractivity (Wildman–Crippen MR) is 59.7 cm³/mol. The molecule has 0 aromatic rings. The Hall–Kier alpha value is -0.610. The van der Waals surface area contributed by atoms with Crippen LogP contribution in [0.3, 0.4) is 0 Å². The number of rotatable bonds is 9. The zero-order valence-electron chi connectivity index (χ0n) is 9.79. The van der Waals surface area contributed by atoms with Gasteiger partial charge in [-0.2, -0.15) is 0 Å². The summed E-state index contributed by atoms with van der Waals surface area (Å²) in [6.07, 6.45) is 2.67. The van der Waals surface area contributed by atoms with Crippen LogP contribution in [0, 0.1) is 0 Å². The van der Waals surface area contributed by atoms with Crippen LogP contribution in [0.2, 0.25) is 0 Å². The number of ether oxygens (including phenoxy) is 1. The Balaban J connectivity index is 3.19. The van der Waals surface area contributed by atoms with Crippen molar-refractivity contribution in [3.8, 4) is 0 Å². The van der Waals surface area contributed by atoms with Crippen molar-refractivity contribution in [3.63, 3.8) is 0 Å². The summed E-state index contributed by atoms with van der Waals surface area (Å²) in [4.78, 5) is 11.2. The van der Waals surface area contributed by atoms with Gasteiger partial charge in [-0.25, -0.2) is 0 Å². The lowest BCUT2D eigenvalue weighted by Gasteiger charge is -2.06. The lowest BCUT2D eigenvalue weighted by atomic mass is 10.2. The first-order valence-electron chi connectivity index (χ1n) is 5.69. The van der Waals surface area contributed by atoms with E-state index in [9.17, 15) is 4.79 Å². The van der Waals surface area contributed by atoms with E-state index in [4.69, 9.17) is 9.84 Å². The van der Waals surface area contributed by atoms with Crippen LogP contribution in [0.15, 0.2) is 0 Å². The Morgan fingerprint density at radius 3 is 2.80 bits per heavy atom. The van der Waals surface area contributed by atoms with Gasteiger partial charge in [0.2, 0.25) is 5.91 Å². The number of amides is 1. The van der Waals surface area contributed by atoms with Gasteiger partial charge in [-0.1, -0.05) is 6.92 Å². The summed E-state index contributed by atoms with van der Waals surface area (Å²) >= 11 is 0. The second-order valence-corrected chi connectivity index (χ2v) is 3.70. The second kappa shape index (κ2) is 9.93. The third kappa shape index (κ3) is 11.3. The first kappa shape index (κ1) is 14.4. The molecule has 0 aromatic heterocycles. The molecule has 0 saturated heterocycles. The van der Waals surface area contributed by atoms with E-state index in [2.05, 4.69) is 5.32 Å². The van der Waals surface area contributed by atoms with Gasteiger partial charge in [-0.05, 0) is 26.2 Å². The molecule has 0 aliphatic heterocycles. The zero-order chi connectivity index (χ0) is 11.5. The Labute approximate surface area is 92.0 Å². The summed E-state index contributed by atoms with van der Waals surface area (Å²) in [5.74, 6) is 0.0247. The van der Waals surface area contributed by atoms with E-state index in [1.807, 2.05) is 6.92 Å². The second-order valence-electron chi connectivity index (χ2n) is 3.70. The predicted octanol–water partition coefficient (Wildman–Crippen LogP) is 1.08. The van der Waals surface area contributed by atoms with Gasteiger partial charge in [0.15, 0.2) is 0 Å². The lowest BCUT2D eigenvalue weighted by Crippen LogP contribution is -2.26. The van der Waals surface area contributed by atoms with E-state index in [-0.39, 0.29) is 12.0 Å². The third-order valence-electron chi connectivity index (χ3n) is 1.94. The summed E-state index contributed by atoms with van der Waals surface area (Å²) in [6.45, 7) is 5.64. The van der Waals surface area contributed by atoms with Gasteiger partial charge in [-0.15, -0.1) is 0 Å². The lowest BCUT2D eigenvalue weighted by molar-refractivity contribution is -0.122. The highest BCUT2D eigenvalue weighted by Gasteiger charge is 2.01. The van der Waals surface area contributed by atoms with Gasteiger partial charge in [-0.3, -0.25) is 4.79 Å². The van der Waals surface area contributed by atoms with Crippen molar-refractivity contribution in [2.24, 2.45) is 0 Å². The number of carbonyl (C=O) groups excluding carboxylic acids is 1. The van der Waals surface area contributed by atoms with Crippen molar-refractivity contribution >= 4 is 5.91 Å². The van der Waals surface area contributed by atoms with Gasteiger partial charge >= 0.3 is 0 Å². The summed E-state index contributed by atoms with van der Waals surface area (Å²) in [7, 11) is 0. The van der Waals surface area contributed by atoms with Crippen LogP contribution in [-0.4, -0.2) is 36.9 Å². The van der Waals surface area contributed by atoms with Crippen LogP contribution < -0.4 is 5.32 Å². The monoisotopic (exact) mass is 217 g/mol. The molecule has 1 atom stereocenters. The molecule has 0 saturated carbocycles. The molecule has 0 aromatic carbocycles. The molecule has 0 fully saturated rings. The zero-order valence-corrected chi connectivity index (χ0v) is 9.79. The molecule has 0 aliphatic rings. The minimum atomic E-state index is -0.283. The number of hydrogen-bond donors (Lipinski definition) is 2. The van der Waals surface area contributed by atoms with Crippen LogP contribution >= 0.6 is 0 Å². The number of aliphatic hydroxyl groups is 1. The fraction of sp³-hybridized carbons (Fsp3) is 0.909. The van der Waals surface area contributed by atoms with E-state index < -0.39 is 0 Å². The molecule has 90 valence electrons. The smallest absolute Gasteiger partial charge is 0.222 e. The third-order valence-corrected chi connectivity index (χ3v) is 1.94. The van der Waals surface area contributed by atoms with Crippen molar-refractivity contribution in [2.45, 2.75) is 45.6 Å². The highest BCUT2D eigenvalue weighted by molar-refractivity contribution is 5.75. The molecular weight excluding hydrogens is 194 g/mol. The molecule has 0 radical (unpaired) electrons. The van der Waals surface area contributed by atoms with Gasteiger partial charge in [0.25, 0.3) is 0 Å². The molecule has 15 heavy (non-hydrogen) atoms. The summed E-state index contributed by atoms with van der Waals surface area (Å²) in [5.41, 5.74) is 0. The summed E-state index contributed by atoms with van der Waals surface area (Å²) in [5, 5.41) is 11.8. The fourth-order valence-corrected chi connectivity index (χ4v) is 1.12. The van der Waals surface area contributed by atoms with Crippen molar-refractivity contribution in [1.29, 1.82) is 0 Å². The largest absolute Gasteiger partial charge is 0.393 e. The summed E-state index contributed by atoms with van der Waals surface area (Å²) < 4.78 is 5.20. The maximum absolute atomic E-state index is 11.2. The normalized spacial score (nSPS) is 12.5. The highest BCUT2D eigenvalue weighted by atomic mass is 16.5. The molecule has 0 heterocycles. The minimum Gasteiger partial charge on any atom is -0.393 e. The van der Waals surface area contributed by atoms with E-state index in [0.717, 1.165) is 25.9 Å². The molecule has 1 amide bonds. The van der Waals surface area contributed by atoms with E-state index >= 15 is 0 Å². The van der Waals surface area contributed by atoms with Crippen LogP contribution in [0.1, 0.15) is 39.5 Å². The van der Waals surface area contributed by atoms with Gasteiger partial charge in [0.05, 0.1) is 12.7 Å². The first-order chi connectivity index (χ1) is 7.16. The number of aliphatic hydroxyl groups excluding tert-OH is 1. The van der Waals surface area contributed by atoms with Crippen LogP contribution in [0.5, 0.6) is 0 Å². The van der Waals surface area contributed by atoms with Crippen molar-refractivity contribution < 1.29 is 14.6 Å². The number of hydrogen-bond acceptors (Lipinski definition) is 3. The van der Waals surface area contributed by atoms with Gasteiger partial charge in [0.1, 0.15) is 0 Å². The van der Waals surface area contributed by atoms with E-state index in [1.54, 1.807) is 6.92 Å². The highest BCUT2D eigenvalue weighted by Crippen LogP contribution is 1.93.